The van der Waals surface area contributed by atoms with Crippen molar-refractivity contribution in [2.75, 3.05) is 67.6 Å². The third-order valence-corrected chi connectivity index (χ3v) is 12.4. The van der Waals surface area contributed by atoms with Gasteiger partial charge in [0.15, 0.2) is 0 Å². The van der Waals surface area contributed by atoms with Crippen LogP contribution in [0.5, 0.6) is 0 Å². The van der Waals surface area contributed by atoms with Crippen molar-refractivity contribution in [1.29, 1.82) is 0 Å². The van der Waals surface area contributed by atoms with Crippen molar-refractivity contribution in [3.8, 4) is 23.7 Å². The van der Waals surface area contributed by atoms with Gasteiger partial charge >= 0.3 is 0 Å². The van der Waals surface area contributed by atoms with Gasteiger partial charge in [-0.1, -0.05) is 84.3 Å². The van der Waals surface area contributed by atoms with Gasteiger partial charge in [0.25, 0.3) is 0 Å². The van der Waals surface area contributed by atoms with E-state index >= 15 is 0 Å². The standard InChI is InChI=1S/C46H50N2.2CH4O4S/c1-47(29-11-5-12-30-47)33-27-39-21-25-43-42(24-20-38-17-9-4-10-18-38)46-36-40(28-34-48(2)31-13-6-14-32-48)22-26-44(46)41(45(43)35-39)23-19-37-15-7-3-8-16-37;2*1-5-6(2,3)4/h3-4,7-10,15-18,21-22,25-26,35-36H,5-6,11-14,27-34H2,1-2H3;2*1H3,(H,2,3,4)/q+2;;/p-2. The molecule has 0 aliphatic carbocycles. The monoisotopic (exact) mass is 852 g/mol. The Balaban J connectivity index is 0.000000500. The van der Waals surface area contributed by atoms with Crippen molar-refractivity contribution in [2.45, 2.75) is 51.4 Å². The van der Waals surface area contributed by atoms with E-state index in [4.69, 9.17) is 0 Å². The molecule has 0 spiro atoms. The molecule has 0 amide bonds. The number of fused-ring (bicyclic) bond motifs is 2. The number of piperidine rings is 2. The van der Waals surface area contributed by atoms with E-state index in [1.54, 1.807) is 0 Å². The zero-order valence-corrected chi connectivity index (χ0v) is 36.7. The lowest BCUT2D eigenvalue weighted by Gasteiger charge is -2.38. The molecule has 0 atom stereocenters. The first-order valence-corrected chi connectivity index (χ1v) is 23.1. The van der Waals surface area contributed by atoms with E-state index in [2.05, 4.69) is 143 Å². The molecule has 0 saturated carbocycles. The Hall–Kier alpha value is -4.60. The number of quaternary nitrogens is 2. The lowest BCUT2D eigenvalue weighted by molar-refractivity contribution is -0.913. The Bertz CT molecular complexity index is 2380. The maximum atomic E-state index is 9.22. The number of benzene rings is 5. The number of likely N-dealkylation sites (N-methyl/N-ethyl adjacent to an activating group) is 2. The zero-order chi connectivity index (χ0) is 43.2. The molecule has 10 nitrogen and oxygen atoms in total. The minimum atomic E-state index is -4.41. The second-order valence-corrected chi connectivity index (χ2v) is 18.4. The zero-order valence-electron chi connectivity index (χ0n) is 35.1. The summed E-state index contributed by atoms with van der Waals surface area (Å²) in [5.41, 5.74) is 7.12. The fourth-order valence-electron chi connectivity index (χ4n) is 8.01. The summed E-state index contributed by atoms with van der Waals surface area (Å²) in [6, 6.07) is 35.1. The first-order valence-electron chi connectivity index (χ1n) is 20.4. The van der Waals surface area contributed by atoms with Crippen molar-refractivity contribution in [3.63, 3.8) is 0 Å². The van der Waals surface area contributed by atoms with Gasteiger partial charge in [-0.15, -0.1) is 0 Å². The van der Waals surface area contributed by atoms with Crippen LogP contribution < -0.4 is 0 Å². The largest absolute Gasteiger partial charge is 0.726 e. The van der Waals surface area contributed by atoms with Gasteiger partial charge in [0.1, 0.15) is 0 Å². The third-order valence-electron chi connectivity index (χ3n) is 11.5. The van der Waals surface area contributed by atoms with E-state index in [1.165, 1.54) is 119 Å². The number of hydrogen-bond donors (Lipinski definition) is 0. The van der Waals surface area contributed by atoms with Crippen LogP contribution in [0.3, 0.4) is 0 Å². The minimum absolute atomic E-state index is 0.808. The lowest BCUT2D eigenvalue weighted by atomic mass is 9.89. The molecule has 0 bridgehead atoms. The summed E-state index contributed by atoms with van der Waals surface area (Å²) in [6.07, 6.45) is 10.3. The first-order chi connectivity index (χ1) is 28.6. The topological polar surface area (TPSA) is 133 Å². The van der Waals surface area contributed by atoms with Gasteiger partial charge in [-0.3, -0.25) is 8.37 Å². The minimum Gasteiger partial charge on any atom is -0.726 e. The van der Waals surface area contributed by atoms with Gasteiger partial charge in [0, 0.05) is 35.1 Å². The molecular formula is C48H56N2O8S2. The number of likely N-dealkylation sites (tertiary alicyclic amines) is 2. The van der Waals surface area contributed by atoms with Crippen molar-refractivity contribution in [3.05, 3.63) is 130 Å². The quantitative estimate of drug-likeness (QED) is 0.0522. The van der Waals surface area contributed by atoms with Crippen LogP contribution in [0.25, 0.3) is 21.5 Å². The van der Waals surface area contributed by atoms with Crippen LogP contribution in [0.15, 0.2) is 97.1 Å². The van der Waals surface area contributed by atoms with E-state index < -0.39 is 20.8 Å². The Morgan fingerprint density at radius 1 is 0.500 bits per heavy atom. The molecule has 2 aliphatic rings. The smallest absolute Gasteiger partial charge is 0.217 e. The van der Waals surface area contributed by atoms with Gasteiger partial charge in [-0.25, -0.2) is 16.8 Å². The number of rotatable bonds is 8. The van der Waals surface area contributed by atoms with E-state index in [0.717, 1.165) is 49.3 Å². The molecule has 0 N–H and O–H groups in total. The summed E-state index contributed by atoms with van der Waals surface area (Å²) in [6.45, 7) is 7.56. The summed E-state index contributed by atoms with van der Waals surface area (Å²) in [5.74, 6) is 14.4. The van der Waals surface area contributed by atoms with Crippen molar-refractivity contribution in [1.82, 2.24) is 0 Å². The molecular weight excluding hydrogens is 797 g/mol. The van der Waals surface area contributed by atoms with E-state index in [9.17, 15) is 25.9 Å². The highest BCUT2D eigenvalue weighted by Crippen LogP contribution is 2.35. The predicted molar refractivity (Wildman–Crippen MR) is 236 cm³/mol. The molecule has 0 radical (unpaired) electrons. The van der Waals surface area contributed by atoms with E-state index in [1.807, 2.05) is 0 Å². The van der Waals surface area contributed by atoms with Gasteiger partial charge in [-0.05, 0) is 108 Å². The maximum absolute atomic E-state index is 9.22. The summed E-state index contributed by atoms with van der Waals surface area (Å²) in [7, 11) is -2.31. The fraction of sp³-hybridized carbons (Fsp3) is 0.375. The van der Waals surface area contributed by atoms with E-state index in [-0.39, 0.29) is 0 Å². The fourth-order valence-corrected chi connectivity index (χ4v) is 8.01. The Kier molecular flexibility index (Phi) is 16.5. The summed E-state index contributed by atoms with van der Waals surface area (Å²) in [4.78, 5) is 0. The predicted octanol–water partition coefficient (Wildman–Crippen LogP) is 7.32. The second kappa shape index (κ2) is 21.3. The molecule has 7 rings (SSSR count). The summed E-state index contributed by atoms with van der Waals surface area (Å²) >= 11 is 0. The SMILES string of the molecule is COS(=O)(=O)[O-].COS(=O)(=O)[O-].C[N+]1(CCc2ccc3c(C#Cc4ccccc4)c4cc(CC[N+]5(C)CCCCC5)ccc4c(C#Cc4ccccc4)c3c2)CCCCC1. The van der Waals surface area contributed by atoms with Gasteiger partial charge in [0.05, 0.1) is 67.6 Å². The Labute approximate surface area is 357 Å². The molecule has 0 unspecified atom stereocenters. The lowest BCUT2D eigenvalue weighted by Crippen LogP contribution is -2.49. The normalized spacial score (nSPS) is 15.8. The van der Waals surface area contributed by atoms with Crippen LogP contribution in [0.1, 0.15) is 71.9 Å². The molecule has 2 fully saturated rings. The van der Waals surface area contributed by atoms with Crippen molar-refractivity contribution in [2.24, 2.45) is 0 Å². The Morgan fingerprint density at radius 3 is 1.15 bits per heavy atom. The second-order valence-electron chi connectivity index (χ2n) is 16.1. The van der Waals surface area contributed by atoms with Crippen LogP contribution >= 0.6 is 0 Å². The van der Waals surface area contributed by atoms with Gasteiger partial charge in [0.2, 0.25) is 20.8 Å². The molecule has 0 aromatic heterocycles. The molecule has 12 heteroatoms. The molecule has 5 aromatic carbocycles. The Morgan fingerprint density at radius 2 is 0.833 bits per heavy atom. The molecule has 2 heterocycles. The van der Waals surface area contributed by atoms with Crippen LogP contribution in [-0.2, 0) is 42.0 Å². The average molecular weight is 853 g/mol. The van der Waals surface area contributed by atoms with Gasteiger partial charge < -0.3 is 18.1 Å². The maximum Gasteiger partial charge on any atom is 0.217 e. The first kappa shape index (κ1) is 46.5. The highest BCUT2D eigenvalue weighted by Gasteiger charge is 2.26. The van der Waals surface area contributed by atoms with Crippen LogP contribution in [0, 0.1) is 23.7 Å². The number of hydrogen-bond acceptors (Lipinski definition) is 8. The molecule has 2 aliphatic heterocycles. The van der Waals surface area contributed by atoms with E-state index in [0.29, 0.717) is 0 Å². The molecule has 318 valence electrons. The summed E-state index contributed by atoms with van der Waals surface area (Å²) < 4.78 is 64.4. The molecule has 2 saturated heterocycles. The molecule has 5 aromatic rings. The average Bonchev–Trinajstić information content (AvgIpc) is 3.24. The van der Waals surface area contributed by atoms with Crippen molar-refractivity contribution >= 4 is 42.3 Å². The molecule has 60 heavy (non-hydrogen) atoms. The van der Waals surface area contributed by atoms with Crippen molar-refractivity contribution < 1.29 is 43.3 Å². The highest BCUT2D eigenvalue weighted by molar-refractivity contribution is 7.81. The van der Waals surface area contributed by atoms with Crippen LogP contribution in [0.2, 0.25) is 0 Å². The summed E-state index contributed by atoms with van der Waals surface area (Å²) in [5, 5.41) is 4.86. The van der Waals surface area contributed by atoms with Gasteiger partial charge in [-0.2, -0.15) is 0 Å². The van der Waals surface area contributed by atoms with Crippen LogP contribution in [-0.4, -0.2) is 102 Å². The third kappa shape index (κ3) is 14.3. The van der Waals surface area contributed by atoms with Crippen LogP contribution in [0.4, 0.5) is 0 Å². The highest BCUT2D eigenvalue weighted by atomic mass is 32.3. The number of nitrogens with zero attached hydrogens (tertiary/aromatic N) is 2.